The molecule has 0 aromatic carbocycles. The summed E-state index contributed by atoms with van der Waals surface area (Å²) in [7, 11) is 0. The van der Waals surface area contributed by atoms with Crippen molar-refractivity contribution in [2.24, 2.45) is 5.84 Å². The molecule has 0 spiro atoms. The van der Waals surface area contributed by atoms with Crippen LogP contribution < -0.4 is 11.3 Å². The number of morpholine rings is 1. The molecule has 0 amide bonds. The first kappa shape index (κ1) is 12.3. The van der Waals surface area contributed by atoms with Crippen LogP contribution in [0.3, 0.4) is 0 Å². The zero-order valence-electron chi connectivity index (χ0n) is 9.67. The Morgan fingerprint density at radius 2 is 2.47 bits per heavy atom. The van der Waals surface area contributed by atoms with Crippen LogP contribution in [0.5, 0.6) is 0 Å². The van der Waals surface area contributed by atoms with Gasteiger partial charge in [-0.3, -0.25) is 4.90 Å². The first-order valence-electron chi connectivity index (χ1n) is 5.68. The molecule has 94 valence electrons. The van der Waals surface area contributed by atoms with Crippen molar-refractivity contribution in [1.82, 2.24) is 9.88 Å². The molecule has 2 heterocycles. The highest BCUT2D eigenvalue weighted by Gasteiger charge is 2.19. The third kappa shape index (κ3) is 3.37. The Morgan fingerprint density at radius 3 is 3.12 bits per heavy atom. The molecule has 1 aliphatic heterocycles. The van der Waals surface area contributed by atoms with Crippen LogP contribution in [0, 0.1) is 0 Å². The number of anilines is 1. The summed E-state index contributed by atoms with van der Waals surface area (Å²) < 4.78 is 5.40. The van der Waals surface area contributed by atoms with Gasteiger partial charge in [0.05, 0.1) is 19.3 Å². The molecule has 2 rings (SSSR count). The Morgan fingerprint density at radius 1 is 1.59 bits per heavy atom. The predicted octanol–water partition coefficient (Wildman–Crippen LogP) is -0.440. The van der Waals surface area contributed by atoms with Crippen LogP contribution >= 0.6 is 0 Å². The van der Waals surface area contributed by atoms with E-state index in [-0.39, 0.29) is 12.7 Å². The van der Waals surface area contributed by atoms with E-state index in [1.54, 1.807) is 6.20 Å². The molecule has 17 heavy (non-hydrogen) atoms. The smallest absolute Gasteiger partial charge is 0.139 e. The zero-order valence-corrected chi connectivity index (χ0v) is 9.67. The first-order valence-corrected chi connectivity index (χ1v) is 5.68. The van der Waals surface area contributed by atoms with E-state index >= 15 is 0 Å². The van der Waals surface area contributed by atoms with Crippen molar-refractivity contribution in [2.45, 2.75) is 12.6 Å². The van der Waals surface area contributed by atoms with Crippen LogP contribution in [-0.4, -0.2) is 47.4 Å². The van der Waals surface area contributed by atoms with E-state index in [9.17, 15) is 0 Å². The summed E-state index contributed by atoms with van der Waals surface area (Å²) in [4.78, 5) is 6.41. The van der Waals surface area contributed by atoms with E-state index in [4.69, 9.17) is 15.7 Å². The van der Waals surface area contributed by atoms with E-state index in [1.807, 2.05) is 12.1 Å². The Bertz CT molecular complexity index is 344. The fraction of sp³-hybridized carbons (Fsp3) is 0.545. The maximum absolute atomic E-state index is 9.06. The second-order valence-corrected chi connectivity index (χ2v) is 4.11. The van der Waals surface area contributed by atoms with Crippen molar-refractivity contribution in [3.05, 3.63) is 23.9 Å². The van der Waals surface area contributed by atoms with Gasteiger partial charge < -0.3 is 15.3 Å². The van der Waals surface area contributed by atoms with E-state index in [0.29, 0.717) is 12.4 Å². The summed E-state index contributed by atoms with van der Waals surface area (Å²) in [5.74, 6) is 5.91. The molecule has 6 nitrogen and oxygen atoms in total. The summed E-state index contributed by atoms with van der Waals surface area (Å²) in [6.07, 6.45) is 1.74. The molecule has 1 unspecified atom stereocenters. The van der Waals surface area contributed by atoms with Gasteiger partial charge in [0.15, 0.2) is 0 Å². The molecule has 1 aromatic rings. The standard InChI is InChI=1S/C11H18N4O2/c12-14-11-2-1-9(5-13-11)6-15-3-4-17-10(7-15)8-16/h1-2,5,10,16H,3-4,6-8,12H2,(H,13,14). The number of hydrogen-bond acceptors (Lipinski definition) is 6. The molecular formula is C11H18N4O2. The van der Waals surface area contributed by atoms with Crippen LogP contribution in [0.2, 0.25) is 0 Å². The van der Waals surface area contributed by atoms with Crippen LogP contribution in [0.1, 0.15) is 5.56 Å². The highest BCUT2D eigenvalue weighted by atomic mass is 16.5. The predicted molar refractivity (Wildman–Crippen MR) is 64.1 cm³/mol. The maximum atomic E-state index is 9.06. The van der Waals surface area contributed by atoms with Crippen LogP contribution in [-0.2, 0) is 11.3 Å². The lowest BCUT2D eigenvalue weighted by molar-refractivity contribution is -0.0551. The number of nitrogens with two attached hydrogens (primary N) is 1. The Labute approximate surface area is 100 Å². The quantitative estimate of drug-likeness (QED) is 0.487. The van der Waals surface area contributed by atoms with Crippen molar-refractivity contribution in [1.29, 1.82) is 0 Å². The van der Waals surface area contributed by atoms with E-state index in [2.05, 4.69) is 15.3 Å². The molecule has 6 heteroatoms. The first-order chi connectivity index (χ1) is 8.31. The Balaban J connectivity index is 1.90. The molecule has 0 radical (unpaired) electrons. The summed E-state index contributed by atoms with van der Waals surface area (Å²) in [5.41, 5.74) is 3.62. The number of ether oxygens (including phenoxy) is 1. The molecule has 1 atom stereocenters. The van der Waals surface area contributed by atoms with E-state index < -0.39 is 0 Å². The van der Waals surface area contributed by atoms with Gasteiger partial charge in [-0.05, 0) is 11.6 Å². The van der Waals surface area contributed by atoms with Crippen LogP contribution in [0.15, 0.2) is 18.3 Å². The fourth-order valence-corrected chi connectivity index (χ4v) is 1.90. The molecule has 0 saturated carbocycles. The number of nitrogens with zero attached hydrogens (tertiary/aromatic N) is 2. The summed E-state index contributed by atoms with van der Waals surface area (Å²) in [5, 5.41) is 9.06. The minimum atomic E-state index is -0.0679. The third-order valence-corrected chi connectivity index (χ3v) is 2.81. The summed E-state index contributed by atoms with van der Waals surface area (Å²) >= 11 is 0. The number of aliphatic hydroxyl groups excluding tert-OH is 1. The van der Waals surface area contributed by atoms with E-state index in [1.165, 1.54) is 0 Å². The van der Waals surface area contributed by atoms with Crippen molar-refractivity contribution < 1.29 is 9.84 Å². The van der Waals surface area contributed by atoms with Gasteiger partial charge in [0.25, 0.3) is 0 Å². The highest BCUT2D eigenvalue weighted by Crippen LogP contribution is 2.11. The lowest BCUT2D eigenvalue weighted by Gasteiger charge is -2.31. The van der Waals surface area contributed by atoms with Gasteiger partial charge in [-0.2, -0.15) is 0 Å². The molecule has 4 N–H and O–H groups in total. The largest absolute Gasteiger partial charge is 0.394 e. The number of nitrogen functional groups attached to an aromatic ring is 1. The lowest BCUT2D eigenvalue weighted by Crippen LogP contribution is -2.43. The minimum absolute atomic E-state index is 0.0679. The van der Waals surface area contributed by atoms with Crippen molar-refractivity contribution in [3.8, 4) is 0 Å². The SMILES string of the molecule is NNc1ccc(CN2CCOC(CO)C2)cn1. The average molecular weight is 238 g/mol. The van der Waals surface area contributed by atoms with Crippen molar-refractivity contribution >= 4 is 5.82 Å². The third-order valence-electron chi connectivity index (χ3n) is 2.81. The summed E-state index contributed by atoms with van der Waals surface area (Å²) in [6, 6.07) is 3.84. The lowest BCUT2D eigenvalue weighted by atomic mass is 10.2. The molecule has 0 aliphatic carbocycles. The number of aliphatic hydroxyl groups is 1. The Hall–Kier alpha value is -1.21. The van der Waals surface area contributed by atoms with Gasteiger partial charge in [-0.1, -0.05) is 6.07 Å². The molecule has 0 bridgehead atoms. The molecular weight excluding hydrogens is 220 g/mol. The van der Waals surface area contributed by atoms with Gasteiger partial charge in [0.1, 0.15) is 5.82 Å². The maximum Gasteiger partial charge on any atom is 0.139 e. The Kier molecular flexibility index (Phi) is 4.27. The number of pyridine rings is 1. The van der Waals surface area contributed by atoms with Gasteiger partial charge in [-0.15, -0.1) is 0 Å². The number of hydrogen-bond donors (Lipinski definition) is 3. The van der Waals surface area contributed by atoms with Crippen molar-refractivity contribution in [2.75, 3.05) is 31.7 Å². The second kappa shape index (κ2) is 5.92. The molecule has 1 aliphatic rings. The monoisotopic (exact) mass is 238 g/mol. The topological polar surface area (TPSA) is 83.6 Å². The molecule has 1 aromatic heterocycles. The normalized spacial score (nSPS) is 21.4. The van der Waals surface area contributed by atoms with Gasteiger partial charge >= 0.3 is 0 Å². The number of nitrogens with one attached hydrogen (secondary N) is 1. The van der Waals surface area contributed by atoms with Gasteiger partial charge in [-0.25, -0.2) is 10.8 Å². The zero-order chi connectivity index (χ0) is 12.1. The second-order valence-electron chi connectivity index (χ2n) is 4.11. The van der Waals surface area contributed by atoms with Crippen molar-refractivity contribution in [3.63, 3.8) is 0 Å². The molecule has 1 fully saturated rings. The van der Waals surface area contributed by atoms with Crippen LogP contribution in [0.4, 0.5) is 5.82 Å². The number of rotatable bonds is 4. The minimum Gasteiger partial charge on any atom is -0.394 e. The fourth-order valence-electron chi connectivity index (χ4n) is 1.90. The van der Waals surface area contributed by atoms with Crippen LogP contribution in [0.25, 0.3) is 0 Å². The van der Waals surface area contributed by atoms with E-state index in [0.717, 1.165) is 25.2 Å². The van der Waals surface area contributed by atoms with Gasteiger partial charge in [0, 0.05) is 25.8 Å². The molecule has 1 saturated heterocycles. The average Bonchev–Trinajstić information content (AvgIpc) is 2.40. The number of aromatic nitrogens is 1. The summed E-state index contributed by atoms with van der Waals surface area (Å²) in [6.45, 7) is 3.20. The number of hydrazine groups is 1. The van der Waals surface area contributed by atoms with Gasteiger partial charge in [0.2, 0.25) is 0 Å². The highest BCUT2D eigenvalue weighted by molar-refractivity contribution is 5.33.